The van der Waals surface area contributed by atoms with Crippen molar-refractivity contribution < 1.29 is 39.1 Å². The molecule has 0 saturated heterocycles. The minimum atomic E-state index is -1.38. The molecule has 24 heavy (non-hydrogen) atoms. The second-order valence-electron chi connectivity index (χ2n) is 5.19. The molecule has 0 aromatic carbocycles. The average Bonchev–Trinajstić information content (AvgIpc) is 2.55. The van der Waals surface area contributed by atoms with Crippen LogP contribution in [0.4, 0.5) is 0 Å². The Morgan fingerprint density at radius 3 is 2.21 bits per heavy atom. The molecular weight excluding hydrogens is 320 g/mol. The van der Waals surface area contributed by atoms with E-state index in [9.17, 15) is 14.7 Å². The molecule has 138 valence electrons. The third kappa shape index (κ3) is 9.41. The maximum absolute atomic E-state index is 11.7. The SMILES string of the molecule is C=C(C)C(=O)OOC(=O)/C(C)=C/C(O)(CC)COCCOCCO. The highest BCUT2D eigenvalue weighted by molar-refractivity contribution is 5.90. The van der Waals surface area contributed by atoms with Gasteiger partial charge in [0.1, 0.15) is 5.60 Å². The normalized spacial score (nSPS) is 14.0. The van der Waals surface area contributed by atoms with E-state index >= 15 is 0 Å². The zero-order valence-corrected chi connectivity index (χ0v) is 14.4. The van der Waals surface area contributed by atoms with Crippen molar-refractivity contribution in [1.29, 1.82) is 0 Å². The number of aliphatic hydroxyl groups is 2. The van der Waals surface area contributed by atoms with Crippen molar-refractivity contribution in [2.75, 3.05) is 33.0 Å². The lowest BCUT2D eigenvalue weighted by Gasteiger charge is -2.23. The Morgan fingerprint density at radius 2 is 1.67 bits per heavy atom. The molecule has 0 radical (unpaired) electrons. The minimum Gasteiger partial charge on any atom is -0.394 e. The Balaban J connectivity index is 4.45. The predicted molar refractivity (Wildman–Crippen MR) is 84.7 cm³/mol. The Labute approximate surface area is 141 Å². The van der Waals surface area contributed by atoms with Gasteiger partial charge in [0.15, 0.2) is 0 Å². The lowest BCUT2D eigenvalue weighted by molar-refractivity contribution is -0.252. The van der Waals surface area contributed by atoms with Crippen molar-refractivity contribution in [3.63, 3.8) is 0 Å². The van der Waals surface area contributed by atoms with E-state index in [4.69, 9.17) is 14.6 Å². The lowest BCUT2D eigenvalue weighted by Crippen LogP contribution is -2.33. The number of aliphatic hydroxyl groups excluding tert-OH is 1. The second-order valence-corrected chi connectivity index (χ2v) is 5.19. The smallest absolute Gasteiger partial charge is 0.381 e. The van der Waals surface area contributed by atoms with Gasteiger partial charge in [-0.15, -0.1) is 0 Å². The molecule has 0 amide bonds. The van der Waals surface area contributed by atoms with E-state index < -0.39 is 17.5 Å². The van der Waals surface area contributed by atoms with Crippen LogP contribution < -0.4 is 0 Å². The number of hydrogen-bond acceptors (Lipinski definition) is 8. The van der Waals surface area contributed by atoms with Crippen LogP contribution in [0.2, 0.25) is 0 Å². The second kappa shape index (κ2) is 11.7. The van der Waals surface area contributed by atoms with Crippen LogP contribution in [-0.4, -0.2) is 60.8 Å². The number of hydrogen-bond donors (Lipinski definition) is 2. The van der Waals surface area contributed by atoms with Crippen LogP contribution in [0.25, 0.3) is 0 Å². The lowest BCUT2D eigenvalue weighted by atomic mass is 9.99. The fraction of sp³-hybridized carbons (Fsp3) is 0.625. The van der Waals surface area contributed by atoms with Crippen LogP contribution >= 0.6 is 0 Å². The third-order valence-electron chi connectivity index (χ3n) is 2.92. The highest BCUT2D eigenvalue weighted by atomic mass is 17.2. The van der Waals surface area contributed by atoms with Crippen molar-refractivity contribution in [1.82, 2.24) is 0 Å². The fourth-order valence-electron chi connectivity index (χ4n) is 1.45. The predicted octanol–water partition coefficient (Wildman–Crippen LogP) is 0.677. The summed E-state index contributed by atoms with van der Waals surface area (Å²) in [5.41, 5.74) is -1.22. The molecule has 0 aromatic heterocycles. The summed E-state index contributed by atoms with van der Waals surface area (Å²) in [5.74, 6) is -1.75. The van der Waals surface area contributed by atoms with Gasteiger partial charge in [0.2, 0.25) is 0 Å². The zero-order valence-electron chi connectivity index (χ0n) is 14.4. The first-order valence-electron chi connectivity index (χ1n) is 7.52. The standard InChI is InChI=1S/C16H26O8/c1-5-16(20,11-22-9-8-21-7-6-17)10-13(4)15(19)24-23-14(18)12(2)3/h10,17,20H,2,5-9,11H2,1,3-4H3/b13-10+. The van der Waals surface area contributed by atoms with E-state index in [0.717, 1.165) is 0 Å². The third-order valence-corrected chi connectivity index (χ3v) is 2.92. The zero-order chi connectivity index (χ0) is 18.6. The van der Waals surface area contributed by atoms with Gasteiger partial charge in [-0.25, -0.2) is 19.4 Å². The van der Waals surface area contributed by atoms with Crippen molar-refractivity contribution in [2.45, 2.75) is 32.8 Å². The highest BCUT2D eigenvalue weighted by Crippen LogP contribution is 2.16. The summed E-state index contributed by atoms with van der Waals surface area (Å²) in [7, 11) is 0. The first-order chi connectivity index (χ1) is 11.3. The molecule has 0 aromatic rings. The number of ether oxygens (including phenoxy) is 2. The van der Waals surface area contributed by atoms with Gasteiger partial charge in [0, 0.05) is 11.1 Å². The summed E-state index contributed by atoms with van der Waals surface area (Å²) in [5, 5.41) is 19.0. The average molecular weight is 346 g/mol. The molecular formula is C16H26O8. The number of rotatable bonds is 11. The van der Waals surface area contributed by atoms with Crippen molar-refractivity contribution in [3.8, 4) is 0 Å². The van der Waals surface area contributed by atoms with E-state index in [-0.39, 0.29) is 44.2 Å². The van der Waals surface area contributed by atoms with Crippen LogP contribution in [0.1, 0.15) is 27.2 Å². The van der Waals surface area contributed by atoms with Crippen molar-refractivity contribution in [3.05, 3.63) is 23.8 Å². The minimum absolute atomic E-state index is 0.0534. The van der Waals surface area contributed by atoms with E-state index in [0.29, 0.717) is 6.42 Å². The van der Waals surface area contributed by atoms with E-state index in [1.165, 1.54) is 19.9 Å². The largest absolute Gasteiger partial charge is 0.394 e. The van der Waals surface area contributed by atoms with Crippen LogP contribution in [-0.2, 0) is 28.8 Å². The molecule has 8 heteroatoms. The Morgan fingerprint density at radius 1 is 1.08 bits per heavy atom. The summed E-state index contributed by atoms with van der Waals surface area (Å²) >= 11 is 0. The summed E-state index contributed by atoms with van der Waals surface area (Å²) in [6.07, 6.45) is 1.58. The van der Waals surface area contributed by atoms with Crippen molar-refractivity contribution in [2.24, 2.45) is 0 Å². The topological polar surface area (TPSA) is 112 Å². The van der Waals surface area contributed by atoms with Gasteiger partial charge in [0.25, 0.3) is 0 Å². The molecule has 1 unspecified atom stereocenters. The molecule has 2 N–H and O–H groups in total. The summed E-state index contributed by atoms with van der Waals surface area (Å²) in [6.45, 7) is 8.51. The molecule has 8 nitrogen and oxygen atoms in total. The van der Waals surface area contributed by atoms with Gasteiger partial charge in [-0.3, -0.25) is 0 Å². The van der Waals surface area contributed by atoms with E-state index in [1.807, 2.05) is 0 Å². The molecule has 0 aliphatic carbocycles. The molecule has 0 saturated carbocycles. The van der Waals surface area contributed by atoms with Gasteiger partial charge in [-0.05, 0) is 26.3 Å². The Kier molecular flexibility index (Phi) is 10.9. The first-order valence-corrected chi connectivity index (χ1v) is 7.52. The highest BCUT2D eigenvalue weighted by Gasteiger charge is 2.25. The molecule has 0 spiro atoms. The van der Waals surface area contributed by atoms with Gasteiger partial charge in [-0.1, -0.05) is 13.5 Å². The van der Waals surface area contributed by atoms with Gasteiger partial charge in [0.05, 0.1) is 33.0 Å². The van der Waals surface area contributed by atoms with E-state index in [2.05, 4.69) is 16.4 Å². The Hall–Kier alpha value is -1.74. The molecule has 1 atom stereocenters. The van der Waals surface area contributed by atoms with Crippen LogP contribution in [0.15, 0.2) is 23.8 Å². The molecule has 0 bridgehead atoms. The quantitative estimate of drug-likeness (QED) is 0.243. The monoisotopic (exact) mass is 346 g/mol. The summed E-state index contributed by atoms with van der Waals surface area (Å²) < 4.78 is 10.3. The molecule has 0 aliphatic heterocycles. The van der Waals surface area contributed by atoms with Crippen LogP contribution in [0, 0.1) is 0 Å². The molecule has 0 heterocycles. The molecule has 0 rings (SSSR count). The number of carbonyl (C=O) groups excluding carboxylic acids is 2. The van der Waals surface area contributed by atoms with Gasteiger partial charge >= 0.3 is 11.9 Å². The van der Waals surface area contributed by atoms with Crippen LogP contribution in [0.5, 0.6) is 0 Å². The fourth-order valence-corrected chi connectivity index (χ4v) is 1.45. The Bertz CT molecular complexity index is 457. The van der Waals surface area contributed by atoms with Gasteiger partial charge in [-0.2, -0.15) is 0 Å². The number of carbonyl (C=O) groups is 2. The van der Waals surface area contributed by atoms with E-state index in [1.54, 1.807) is 6.92 Å². The van der Waals surface area contributed by atoms with Crippen LogP contribution in [0.3, 0.4) is 0 Å². The maximum Gasteiger partial charge on any atom is 0.381 e. The molecule has 0 aliphatic rings. The first kappa shape index (κ1) is 22.3. The molecule has 0 fully saturated rings. The maximum atomic E-state index is 11.7. The van der Waals surface area contributed by atoms with Gasteiger partial charge < -0.3 is 19.7 Å². The van der Waals surface area contributed by atoms with Crippen molar-refractivity contribution >= 4 is 11.9 Å². The summed E-state index contributed by atoms with van der Waals surface area (Å²) in [4.78, 5) is 31.5. The summed E-state index contributed by atoms with van der Waals surface area (Å²) in [6, 6.07) is 0.